The molecule has 0 amide bonds. The van der Waals surface area contributed by atoms with Gasteiger partial charge in [0.2, 0.25) is 0 Å². The third-order valence-corrected chi connectivity index (χ3v) is 13.6. The maximum atomic E-state index is 4.77. The molecule has 5 heteroatoms. The topological polar surface area (TPSA) is 43.6 Å². The number of benzene rings is 5. The zero-order valence-corrected chi connectivity index (χ0v) is 39.5. The Morgan fingerprint density at radius 2 is 1.31 bits per heavy atom. The summed E-state index contributed by atoms with van der Waals surface area (Å²) in [6.45, 7) is 10.6. The molecule has 1 aliphatic rings. The average molecular weight is 897 g/mol. The van der Waals surface area contributed by atoms with Gasteiger partial charge in [-0.1, -0.05) is 130 Å². The van der Waals surface area contributed by atoms with Gasteiger partial charge in [0.25, 0.3) is 0 Å². The van der Waals surface area contributed by atoms with Crippen LogP contribution in [0.4, 0.5) is 0 Å². The van der Waals surface area contributed by atoms with Crippen LogP contribution in [0.3, 0.4) is 0 Å². The Balaban J connectivity index is 0.000000481. The molecule has 1 aliphatic carbocycles. The van der Waals surface area contributed by atoms with Gasteiger partial charge in [-0.15, -0.1) is 11.3 Å². The van der Waals surface area contributed by atoms with Crippen molar-refractivity contribution in [2.24, 2.45) is 5.92 Å². The normalized spacial score (nSPS) is 13.0. The lowest BCUT2D eigenvalue weighted by Crippen LogP contribution is -1.95. The van der Waals surface area contributed by atoms with Gasteiger partial charge >= 0.3 is 0 Å². The van der Waals surface area contributed by atoms with Crippen LogP contribution in [-0.2, 0) is 6.42 Å². The highest BCUT2D eigenvalue weighted by Crippen LogP contribution is 2.42. The standard InChI is InChI=1S/C54H39N3S.C9H13N/c1-3-5-15-36(4-2)37-24-28-53-47(32-37)48-35-40(25-29-54(48)58-53)57-51-26-22-38(41-16-7-6-8-18-43(41)49-20-11-13-30-55-49)33-45(51)46-34-39(23-27-52(46)57)42-17-9-10-19-44(42)50-21-12-14-31-56-50;1-8(2)7-9-5-3-4-6-10-9/h3-7,9-35H,2,8H2,1H3;3-6,8H,7H2,1-2H3/b5-3-,36-15+;. The molecule has 5 heterocycles. The molecule has 0 spiro atoms. The zero-order valence-electron chi connectivity index (χ0n) is 38.7. The second-order valence-corrected chi connectivity index (χ2v) is 18.5. The fourth-order valence-corrected chi connectivity index (χ4v) is 10.3. The van der Waals surface area contributed by atoms with E-state index in [1.54, 1.807) is 0 Å². The predicted molar refractivity (Wildman–Crippen MR) is 292 cm³/mol. The summed E-state index contributed by atoms with van der Waals surface area (Å²) >= 11 is 1.84. The van der Waals surface area contributed by atoms with Crippen molar-refractivity contribution in [3.05, 3.63) is 248 Å². The first-order valence-corrected chi connectivity index (χ1v) is 24.2. The van der Waals surface area contributed by atoms with E-state index >= 15 is 0 Å². The summed E-state index contributed by atoms with van der Waals surface area (Å²) in [4.78, 5) is 13.7. The number of fused-ring (bicyclic) bond motifs is 6. The highest BCUT2D eigenvalue weighted by atomic mass is 32.1. The Morgan fingerprint density at radius 1 is 0.647 bits per heavy atom. The van der Waals surface area contributed by atoms with Crippen molar-refractivity contribution in [2.45, 2.75) is 33.6 Å². The van der Waals surface area contributed by atoms with Gasteiger partial charge in [0, 0.05) is 72.1 Å². The van der Waals surface area contributed by atoms with Crippen LogP contribution in [0.5, 0.6) is 0 Å². The van der Waals surface area contributed by atoms with E-state index in [2.05, 4.69) is 194 Å². The number of rotatable bonds is 10. The summed E-state index contributed by atoms with van der Waals surface area (Å²) < 4.78 is 4.98. The van der Waals surface area contributed by atoms with Crippen molar-refractivity contribution in [2.75, 3.05) is 0 Å². The lowest BCUT2D eigenvalue weighted by molar-refractivity contribution is 0.635. The molecule has 5 aromatic heterocycles. The number of hydrogen-bond donors (Lipinski definition) is 0. The molecular formula is C63H52N4S. The molecule has 4 nitrogen and oxygen atoms in total. The van der Waals surface area contributed by atoms with Crippen molar-refractivity contribution in [3.63, 3.8) is 0 Å². The molecule has 0 unspecified atom stereocenters. The van der Waals surface area contributed by atoms with Crippen molar-refractivity contribution < 1.29 is 0 Å². The summed E-state index contributed by atoms with van der Waals surface area (Å²) in [7, 11) is 0. The highest BCUT2D eigenvalue weighted by Gasteiger charge is 2.20. The molecule has 10 aromatic rings. The first-order chi connectivity index (χ1) is 33.5. The molecule has 330 valence electrons. The maximum Gasteiger partial charge on any atom is 0.0708 e. The van der Waals surface area contributed by atoms with Gasteiger partial charge in [0.1, 0.15) is 0 Å². The first-order valence-electron chi connectivity index (χ1n) is 23.4. The Labute approximate surface area is 403 Å². The predicted octanol–water partition coefficient (Wildman–Crippen LogP) is 17.1. The van der Waals surface area contributed by atoms with Gasteiger partial charge < -0.3 is 4.57 Å². The quantitative estimate of drug-likeness (QED) is 0.128. The van der Waals surface area contributed by atoms with Gasteiger partial charge in [-0.05, 0) is 150 Å². The number of nitrogens with zero attached hydrogens (tertiary/aromatic N) is 4. The minimum Gasteiger partial charge on any atom is -0.309 e. The van der Waals surface area contributed by atoms with Crippen LogP contribution in [-0.4, -0.2) is 19.5 Å². The van der Waals surface area contributed by atoms with Crippen LogP contribution in [0.2, 0.25) is 0 Å². The lowest BCUT2D eigenvalue weighted by atomic mass is 9.93. The van der Waals surface area contributed by atoms with Gasteiger partial charge in [0.05, 0.1) is 22.4 Å². The fraction of sp³-hybridized carbons (Fsp3) is 0.0952. The second kappa shape index (κ2) is 19.9. The minimum absolute atomic E-state index is 0.704. The summed E-state index contributed by atoms with van der Waals surface area (Å²) in [6.07, 6.45) is 24.6. The van der Waals surface area contributed by atoms with Gasteiger partial charge in [-0.2, -0.15) is 0 Å². The summed E-state index contributed by atoms with van der Waals surface area (Å²) in [5.74, 6) is 0.704. The van der Waals surface area contributed by atoms with E-state index in [-0.39, 0.29) is 0 Å². The molecule has 0 saturated carbocycles. The Hall–Kier alpha value is -7.99. The Bertz CT molecular complexity index is 3600. The van der Waals surface area contributed by atoms with E-state index in [1.165, 1.54) is 36.6 Å². The number of hydrogen-bond acceptors (Lipinski definition) is 4. The molecule has 5 aromatic carbocycles. The van der Waals surface area contributed by atoms with E-state index in [1.807, 2.05) is 73.3 Å². The van der Waals surface area contributed by atoms with E-state index in [0.717, 1.165) is 85.5 Å². The van der Waals surface area contributed by atoms with Crippen LogP contribution < -0.4 is 0 Å². The summed E-state index contributed by atoms with van der Waals surface area (Å²) in [6, 6.07) is 54.5. The molecule has 0 saturated heterocycles. The van der Waals surface area contributed by atoms with Gasteiger partial charge in [0.15, 0.2) is 0 Å². The number of allylic oxidation sites excluding steroid dienone is 11. The molecule has 11 rings (SSSR count). The highest BCUT2D eigenvalue weighted by molar-refractivity contribution is 7.25. The number of pyridine rings is 3. The van der Waals surface area contributed by atoms with E-state index in [4.69, 9.17) is 9.97 Å². The van der Waals surface area contributed by atoms with Gasteiger partial charge in [-0.3, -0.25) is 15.0 Å². The average Bonchev–Trinajstić information content (AvgIpc) is 3.79. The fourth-order valence-electron chi connectivity index (χ4n) is 9.26. The molecule has 0 N–H and O–H groups in total. The zero-order chi connectivity index (χ0) is 46.4. The Kier molecular flexibility index (Phi) is 12.8. The van der Waals surface area contributed by atoms with Crippen LogP contribution >= 0.6 is 11.3 Å². The summed E-state index contributed by atoms with van der Waals surface area (Å²) in [5, 5.41) is 4.90. The molecule has 0 fully saturated rings. The molecule has 0 aliphatic heterocycles. The van der Waals surface area contributed by atoms with E-state index < -0.39 is 0 Å². The van der Waals surface area contributed by atoms with Crippen molar-refractivity contribution in [3.8, 4) is 28.1 Å². The first kappa shape index (κ1) is 43.9. The van der Waals surface area contributed by atoms with Crippen molar-refractivity contribution in [1.29, 1.82) is 0 Å². The summed E-state index contributed by atoms with van der Waals surface area (Å²) in [5.41, 5.74) is 15.7. The SMILES string of the molecule is C=C/C(=C\C=C/C)c1ccc2sc3ccc(-n4c5ccc(C6=CC=CCC=C6c6ccccn6)cc5c5cc(-c6ccccc6-c6ccccn6)ccc54)cc3c2c1.CC(C)Cc1ccccn1. The lowest BCUT2D eigenvalue weighted by Gasteiger charge is -2.13. The van der Waals surface area contributed by atoms with Crippen molar-refractivity contribution in [1.82, 2.24) is 19.5 Å². The molecule has 0 radical (unpaired) electrons. The second-order valence-electron chi connectivity index (χ2n) is 17.4. The third-order valence-electron chi connectivity index (χ3n) is 12.4. The molecule has 68 heavy (non-hydrogen) atoms. The van der Waals surface area contributed by atoms with Crippen molar-refractivity contribution >= 4 is 70.0 Å². The smallest absolute Gasteiger partial charge is 0.0708 e. The third kappa shape index (κ3) is 8.97. The van der Waals surface area contributed by atoms with E-state index in [9.17, 15) is 0 Å². The van der Waals surface area contributed by atoms with Crippen LogP contribution in [0, 0.1) is 5.92 Å². The van der Waals surface area contributed by atoms with E-state index in [0.29, 0.717) is 5.92 Å². The number of thiophene rings is 1. The monoisotopic (exact) mass is 896 g/mol. The minimum atomic E-state index is 0.704. The number of aromatic nitrogens is 4. The largest absolute Gasteiger partial charge is 0.309 e. The van der Waals surface area contributed by atoms with Crippen LogP contribution in [0.25, 0.3) is 86.8 Å². The Morgan fingerprint density at radius 3 is 2.00 bits per heavy atom. The molecule has 0 atom stereocenters. The van der Waals surface area contributed by atoms with Crippen LogP contribution in [0.15, 0.2) is 225 Å². The molecular weight excluding hydrogens is 845 g/mol. The van der Waals surface area contributed by atoms with Gasteiger partial charge in [-0.25, -0.2) is 0 Å². The maximum absolute atomic E-state index is 4.77. The van der Waals surface area contributed by atoms with Crippen LogP contribution in [0.1, 0.15) is 49.7 Å². The molecule has 0 bridgehead atoms.